The van der Waals surface area contributed by atoms with Gasteiger partial charge in [0.25, 0.3) is 0 Å². The number of allylic oxidation sites excluding steroid dienone is 3. The normalized spacial score (nSPS) is 23.4. The van der Waals surface area contributed by atoms with E-state index in [2.05, 4.69) is 45.7 Å². The first-order valence-corrected chi connectivity index (χ1v) is 14.0. The molecule has 0 aliphatic heterocycles. The van der Waals surface area contributed by atoms with Crippen molar-refractivity contribution in [3.05, 3.63) is 35.1 Å². The van der Waals surface area contributed by atoms with E-state index in [4.69, 9.17) is 19.5 Å². The van der Waals surface area contributed by atoms with E-state index in [1.54, 1.807) is 0 Å². The highest BCUT2D eigenvalue weighted by Crippen LogP contribution is 2.37. The summed E-state index contributed by atoms with van der Waals surface area (Å²) in [6.07, 6.45) is 17.5. The van der Waals surface area contributed by atoms with E-state index in [9.17, 15) is 4.79 Å². The molecule has 2 fully saturated rings. The van der Waals surface area contributed by atoms with E-state index in [1.165, 1.54) is 63.4 Å². The number of aromatic amines is 1. The number of hydrogen-bond donors (Lipinski definition) is 2. The molecule has 37 heavy (non-hydrogen) atoms. The van der Waals surface area contributed by atoms with Crippen molar-refractivity contribution in [3.63, 3.8) is 0 Å². The number of nitrogens with zero attached hydrogens (tertiary/aromatic N) is 5. The Morgan fingerprint density at radius 3 is 2.65 bits per heavy atom. The lowest BCUT2D eigenvalue weighted by Crippen LogP contribution is -2.31. The van der Waals surface area contributed by atoms with Crippen molar-refractivity contribution in [1.29, 1.82) is 0 Å². The highest BCUT2D eigenvalue weighted by molar-refractivity contribution is 5.88. The number of H-pyrrole nitrogens is 1. The van der Waals surface area contributed by atoms with E-state index in [1.807, 2.05) is 0 Å². The molecule has 0 spiro atoms. The Morgan fingerprint density at radius 2 is 2.00 bits per heavy atom. The Hall–Kier alpha value is -3.23. The molecule has 3 heterocycles. The SMILES string of the molecule is C=CC1CCC(Cn2c(C3=CCCCC3)nc3nc(-c4noc(=O)[nH]4)nc(N[C@H](C)C4CCC4)c32)CC1. The monoisotopic (exact) mass is 503 g/mol. The minimum Gasteiger partial charge on any atom is -0.365 e. The molecule has 9 nitrogen and oxygen atoms in total. The first-order valence-electron chi connectivity index (χ1n) is 14.0. The van der Waals surface area contributed by atoms with Crippen molar-refractivity contribution >= 4 is 22.6 Å². The number of anilines is 1. The molecule has 0 bridgehead atoms. The molecule has 0 unspecified atom stereocenters. The minimum absolute atomic E-state index is 0.224. The lowest BCUT2D eigenvalue weighted by Gasteiger charge is -2.32. The zero-order valence-electron chi connectivity index (χ0n) is 21.7. The zero-order valence-corrected chi connectivity index (χ0v) is 21.7. The van der Waals surface area contributed by atoms with Crippen LogP contribution in [-0.2, 0) is 6.54 Å². The van der Waals surface area contributed by atoms with Gasteiger partial charge in [-0.25, -0.2) is 19.7 Å². The fourth-order valence-corrected chi connectivity index (χ4v) is 6.17. The summed E-state index contributed by atoms with van der Waals surface area (Å²) in [5.74, 6) is 3.55. The molecule has 0 aromatic carbocycles. The molecule has 196 valence electrons. The van der Waals surface area contributed by atoms with Gasteiger partial charge in [-0.1, -0.05) is 23.7 Å². The third-order valence-electron chi connectivity index (χ3n) is 8.72. The molecule has 1 atom stereocenters. The van der Waals surface area contributed by atoms with Gasteiger partial charge in [-0.3, -0.25) is 9.51 Å². The third kappa shape index (κ3) is 4.88. The van der Waals surface area contributed by atoms with Gasteiger partial charge in [-0.2, -0.15) is 0 Å². The predicted molar refractivity (Wildman–Crippen MR) is 144 cm³/mol. The molecule has 2 saturated carbocycles. The highest BCUT2D eigenvalue weighted by Gasteiger charge is 2.29. The largest absolute Gasteiger partial charge is 0.439 e. The minimum atomic E-state index is -0.621. The van der Waals surface area contributed by atoms with E-state index in [-0.39, 0.29) is 11.9 Å². The number of hydrogen-bond acceptors (Lipinski definition) is 7. The molecule has 3 aliphatic carbocycles. The Balaban J connectivity index is 1.46. The topological polar surface area (TPSA) is 115 Å². The van der Waals surface area contributed by atoms with Crippen LogP contribution >= 0.6 is 0 Å². The molecule has 2 N–H and O–H groups in total. The van der Waals surface area contributed by atoms with Crippen LogP contribution in [0.15, 0.2) is 28.0 Å². The summed E-state index contributed by atoms with van der Waals surface area (Å²) < 4.78 is 7.14. The Morgan fingerprint density at radius 1 is 1.16 bits per heavy atom. The van der Waals surface area contributed by atoms with Crippen LogP contribution in [0, 0.1) is 17.8 Å². The van der Waals surface area contributed by atoms with Gasteiger partial charge >= 0.3 is 5.76 Å². The summed E-state index contributed by atoms with van der Waals surface area (Å²) in [6, 6.07) is 0.278. The van der Waals surface area contributed by atoms with Crippen molar-refractivity contribution in [3.8, 4) is 11.6 Å². The maximum atomic E-state index is 11.7. The number of fused-ring (bicyclic) bond motifs is 1. The third-order valence-corrected chi connectivity index (χ3v) is 8.72. The van der Waals surface area contributed by atoms with E-state index >= 15 is 0 Å². The summed E-state index contributed by atoms with van der Waals surface area (Å²) in [6.45, 7) is 7.16. The summed E-state index contributed by atoms with van der Waals surface area (Å²) in [5.41, 5.74) is 2.89. The van der Waals surface area contributed by atoms with Gasteiger partial charge < -0.3 is 9.88 Å². The second-order valence-electron chi connectivity index (χ2n) is 11.2. The average Bonchev–Trinajstić information content (AvgIpc) is 3.48. The molecular weight excluding hydrogens is 466 g/mol. The van der Waals surface area contributed by atoms with E-state index in [0.29, 0.717) is 29.2 Å². The molecular formula is C28H37N7O2. The average molecular weight is 504 g/mol. The number of nitrogens with one attached hydrogen (secondary N) is 2. The van der Waals surface area contributed by atoms with E-state index < -0.39 is 5.76 Å². The van der Waals surface area contributed by atoms with Crippen molar-refractivity contribution in [1.82, 2.24) is 29.7 Å². The maximum Gasteiger partial charge on any atom is 0.439 e. The van der Waals surface area contributed by atoms with Gasteiger partial charge in [0.15, 0.2) is 11.5 Å². The Bertz CT molecular complexity index is 1350. The van der Waals surface area contributed by atoms with Crippen molar-refractivity contribution < 1.29 is 4.52 Å². The molecule has 3 aromatic rings. The number of rotatable bonds is 8. The molecule has 3 aromatic heterocycles. The van der Waals surface area contributed by atoms with Crippen LogP contribution in [0.1, 0.15) is 83.4 Å². The predicted octanol–water partition coefficient (Wildman–Crippen LogP) is 5.72. The second-order valence-corrected chi connectivity index (χ2v) is 11.2. The van der Waals surface area contributed by atoms with E-state index in [0.717, 1.165) is 36.5 Å². The summed E-state index contributed by atoms with van der Waals surface area (Å²) >= 11 is 0. The van der Waals surface area contributed by atoms with Gasteiger partial charge in [0.05, 0.1) is 0 Å². The summed E-state index contributed by atoms with van der Waals surface area (Å²) in [5, 5.41) is 7.57. The van der Waals surface area contributed by atoms with Gasteiger partial charge in [-0.05, 0) is 94.5 Å². The van der Waals surface area contributed by atoms with Crippen LogP contribution in [0.3, 0.4) is 0 Å². The first-order chi connectivity index (χ1) is 18.1. The maximum absolute atomic E-state index is 11.7. The molecule has 9 heteroatoms. The molecule has 3 aliphatic rings. The lowest BCUT2D eigenvalue weighted by molar-refractivity contribution is 0.282. The zero-order chi connectivity index (χ0) is 25.4. The Kier molecular flexibility index (Phi) is 6.69. The molecule has 0 saturated heterocycles. The quantitative estimate of drug-likeness (QED) is 0.378. The standard InChI is InChI=1S/C28H37N7O2/c1-3-18-12-14-19(15-13-18)16-35-22-23(29-17(2)20-10-7-11-20)30-25(26-33-28(36)37-34-26)31-24(22)32-27(35)21-8-5-4-6-9-21/h3,8,17-20H,1,4-7,9-16H2,2H3,(H,29,30,31)(H,33,34,36)/t17-,18?,19?/m1/s1. The molecule has 0 amide bonds. The van der Waals surface area contributed by atoms with Gasteiger partial charge in [-0.15, -0.1) is 6.58 Å². The van der Waals surface area contributed by atoms with Gasteiger partial charge in [0, 0.05) is 12.6 Å². The van der Waals surface area contributed by atoms with Crippen LogP contribution in [0.2, 0.25) is 0 Å². The Labute approximate surface area is 216 Å². The van der Waals surface area contributed by atoms with Crippen LogP contribution in [-0.4, -0.2) is 35.7 Å². The fraction of sp³-hybridized carbons (Fsp3) is 0.607. The highest BCUT2D eigenvalue weighted by atomic mass is 16.5. The summed E-state index contributed by atoms with van der Waals surface area (Å²) in [7, 11) is 0. The van der Waals surface area contributed by atoms with Crippen LogP contribution in [0.5, 0.6) is 0 Å². The molecule has 6 rings (SSSR count). The number of imidazole rings is 1. The van der Waals surface area contributed by atoms with Gasteiger partial charge in [0.2, 0.25) is 11.6 Å². The molecule has 0 radical (unpaired) electrons. The summed E-state index contributed by atoms with van der Waals surface area (Å²) in [4.78, 5) is 29.1. The van der Waals surface area contributed by atoms with Crippen molar-refractivity contribution in [2.45, 2.75) is 90.1 Å². The number of aromatic nitrogens is 6. The first kappa shape index (κ1) is 24.1. The van der Waals surface area contributed by atoms with Gasteiger partial charge in [0.1, 0.15) is 11.3 Å². The van der Waals surface area contributed by atoms with Crippen LogP contribution in [0.25, 0.3) is 28.4 Å². The smallest absolute Gasteiger partial charge is 0.365 e. The van der Waals surface area contributed by atoms with Crippen molar-refractivity contribution in [2.24, 2.45) is 17.8 Å². The fourth-order valence-electron chi connectivity index (χ4n) is 6.17. The van der Waals surface area contributed by atoms with Crippen LogP contribution in [0.4, 0.5) is 5.82 Å². The van der Waals surface area contributed by atoms with Crippen molar-refractivity contribution in [2.75, 3.05) is 5.32 Å². The second kappa shape index (κ2) is 10.3. The lowest BCUT2D eigenvalue weighted by atomic mass is 9.80. The van der Waals surface area contributed by atoms with Crippen LogP contribution < -0.4 is 11.1 Å².